The summed E-state index contributed by atoms with van der Waals surface area (Å²) in [4.78, 5) is 4.49. The maximum Gasteiger partial charge on any atom is 0.193 e. The smallest absolute Gasteiger partial charge is 0.193 e. The van der Waals surface area contributed by atoms with E-state index in [4.69, 9.17) is 5.73 Å². The van der Waals surface area contributed by atoms with Crippen molar-refractivity contribution in [2.75, 3.05) is 17.6 Å². The van der Waals surface area contributed by atoms with Crippen LogP contribution in [0, 0.1) is 0 Å². The number of hydrogen-bond acceptors (Lipinski definition) is 2. The minimum Gasteiger partial charge on any atom is -0.370 e. The minimum atomic E-state index is 0.275. The van der Waals surface area contributed by atoms with Crippen molar-refractivity contribution in [2.45, 2.75) is 37.9 Å². The summed E-state index contributed by atoms with van der Waals surface area (Å²) in [6, 6.07) is 8.30. The lowest BCUT2D eigenvalue weighted by Gasteiger charge is -2.20. The van der Waals surface area contributed by atoms with Crippen LogP contribution in [0.1, 0.15) is 32.3 Å². The summed E-state index contributed by atoms with van der Waals surface area (Å²) in [7, 11) is 0. The largest absolute Gasteiger partial charge is 0.370 e. The van der Waals surface area contributed by atoms with E-state index < -0.39 is 0 Å². The average Bonchev–Trinajstić information content (AvgIpc) is 2.84. The molecule has 0 radical (unpaired) electrons. The van der Waals surface area contributed by atoms with Crippen molar-refractivity contribution >= 4 is 23.4 Å². The van der Waals surface area contributed by atoms with Gasteiger partial charge in [0.05, 0.1) is 6.54 Å². The first-order valence-corrected chi connectivity index (χ1v) is 7.90. The van der Waals surface area contributed by atoms with Crippen LogP contribution in [-0.4, -0.2) is 23.0 Å². The van der Waals surface area contributed by atoms with Crippen LogP contribution >= 0.6 is 11.8 Å². The van der Waals surface area contributed by atoms with Gasteiger partial charge in [-0.2, -0.15) is 11.8 Å². The topological polar surface area (TPSA) is 50.4 Å². The van der Waals surface area contributed by atoms with Gasteiger partial charge in [0.2, 0.25) is 0 Å². The zero-order valence-corrected chi connectivity index (χ0v) is 12.6. The van der Waals surface area contributed by atoms with Gasteiger partial charge in [-0.3, -0.25) is 4.99 Å². The van der Waals surface area contributed by atoms with Gasteiger partial charge in [-0.1, -0.05) is 19.1 Å². The Morgan fingerprint density at radius 3 is 3.05 bits per heavy atom. The second-order valence-electron chi connectivity index (χ2n) is 5.28. The Bertz CT molecular complexity index is 450. The van der Waals surface area contributed by atoms with Crippen LogP contribution in [0.5, 0.6) is 0 Å². The van der Waals surface area contributed by atoms with Gasteiger partial charge < -0.3 is 11.1 Å². The Morgan fingerprint density at radius 1 is 1.53 bits per heavy atom. The molecule has 1 aliphatic rings. The summed E-state index contributed by atoms with van der Waals surface area (Å²) in [6.07, 6.45) is 3.56. The number of nitrogens with one attached hydrogen (secondary N) is 1. The third kappa shape index (κ3) is 4.16. The summed E-state index contributed by atoms with van der Waals surface area (Å²) in [5.74, 6) is 1.76. The lowest BCUT2D eigenvalue weighted by atomic mass is 10.1. The molecule has 1 heterocycles. The highest BCUT2D eigenvalue weighted by molar-refractivity contribution is 8.00. The predicted molar refractivity (Wildman–Crippen MR) is 86.0 cm³/mol. The van der Waals surface area contributed by atoms with Crippen molar-refractivity contribution in [3.05, 3.63) is 29.8 Å². The van der Waals surface area contributed by atoms with Gasteiger partial charge in [-0.25, -0.2) is 0 Å². The van der Waals surface area contributed by atoms with Crippen LogP contribution in [0.4, 0.5) is 5.69 Å². The summed E-state index contributed by atoms with van der Waals surface area (Å²) in [6.45, 7) is 5.22. The van der Waals surface area contributed by atoms with Gasteiger partial charge in [0, 0.05) is 10.4 Å². The summed E-state index contributed by atoms with van der Waals surface area (Å²) >= 11 is 2.01. The molecule has 104 valence electrons. The molecular formula is C15H23N3S. The monoisotopic (exact) mass is 277 g/mol. The average molecular weight is 277 g/mol. The highest BCUT2D eigenvalue weighted by atomic mass is 32.2. The van der Waals surface area contributed by atoms with Gasteiger partial charge in [0.1, 0.15) is 0 Å². The van der Waals surface area contributed by atoms with Crippen LogP contribution < -0.4 is 11.1 Å². The molecular weight excluding hydrogens is 254 g/mol. The fourth-order valence-electron chi connectivity index (χ4n) is 2.27. The van der Waals surface area contributed by atoms with E-state index in [1.807, 2.05) is 23.9 Å². The first-order chi connectivity index (χ1) is 9.11. The van der Waals surface area contributed by atoms with Crippen molar-refractivity contribution in [1.82, 2.24) is 0 Å². The van der Waals surface area contributed by atoms with E-state index in [-0.39, 0.29) is 4.75 Å². The third-order valence-corrected chi connectivity index (χ3v) is 5.01. The first kappa shape index (κ1) is 14.3. The number of hydrogen-bond donors (Lipinski definition) is 2. The standard InChI is InChI=1S/C15H23N3S/c1-3-12-6-4-7-13(10-12)18-14(16)17-11-15(2)8-5-9-19-15/h4,6-7,10H,3,5,8-9,11H2,1-2H3,(H3,16,17,18). The molecule has 1 unspecified atom stereocenters. The van der Waals surface area contributed by atoms with Crippen molar-refractivity contribution in [3.8, 4) is 0 Å². The Kier molecular flexibility index (Phi) is 4.75. The molecule has 0 amide bonds. The number of thioether (sulfide) groups is 1. The molecule has 0 aromatic heterocycles. The highest BCUT2D eigenvalue weighted by Gasteiger charge is 2.28. The zero-order valence-electron chi connectivity index (χ0n) is 11.8. The molecule has 1 aromatic carbocycles. The number of rotatable bonds is 4. The predicted octanol–water partition coefficient (Wildman–Crippen LogP) is 3.26. The molecule has 1 atom stereocenters. The van der Waals surface area contributed by atoms with Crippen molar-refractivity contribution < 1.29 is 0 Å². The Hall–Kier alpha value is -1.16. The molecule has 1 aromatic rings. The van der Waals surface area contributed by atoms with E-state index in [0.717, 1.165) is 18.7 Å². The second kappa shape index (κ2) is 6.33. The molecule has 1 fully saturated rings. The maximum absolute atomic E-state index is 5.96. The van der Waals surface area contributed by atoms with E-state index in [9.17, 15) is 0 Å². The molecule has 3 nitrogen and oxygen atoms in total. The van der Waals surface area contributed by atoms with Crippen LogP contribution in [0.15, 0.2) is 29.3 Å². The molecule has 0 spiro atoms. The van der Waals surface area contributed by atoms with Crippen LogP contribution in [0.2, 0.25) is 0 Å². The quantitative estimate of drug-likeness (QED) is 0.656. The van der Waals surface area contributed by atoms with E-state index >= 15 is 0 Å². The van der Waals surface area contributed by atoms with E-state index in [1.54, 1.807) is 0 Å². The lowest BCUT2D eigenvalue weighted by molar-refractivity contribution is 0.619. The minimum absolute atomic E-state index is 0.275. The molecule has 0 bridgehead atoms. The number of guanidine groups is 1. The summed E-state index contributed by atoms with van der Waals surface area (Å²) in [5, 5.41) is 3.18. The number of anilines is 1. The van der Waals surface area contributed by atoms with Gasteiger partial charge in [0.25, 0.3) is 0 Å². The number of aliphatic imine (C=N–C) groups is 1. The van der Waals surface area contributed by atoms with Gasteiger partial charge >= 0.3 is 0 Å². The van der Waals surface area contributed by atoms with Gasteiger partial charge in [0.15, 0.2) is 5.96 Å². The Labute approximate surface area is 120 Å². The first-order valence-electron chi connectivity index (χ1n) is 6.91. The zero-order chi connectivity index (χ0) is 13.7. The fraction of sp³-hybridized carbons (Fsp3) is 0.533. The summed E-state index contributed by atoms with van der Waals surface area (Å²) in [5.41, 5.74) is 8.28. The molecule has 4 heteroatoms. The Morgan fingerprint density at radius 2 is 2.37 bits per heavy atom. The number of nitrogens with two attached hydrogens (primary N) is 1. The molecule has 2 rings (SSSR count). The molecule has 1 saturated heterocycles. The van der Waals surface area contributed by atoms with E-state index in [0.29, 0.717) is 5.96 Å². The van der Waals surface area contributed by atoms with E-state index in [2.05, 4.69) is 36.3 Å². The molecule has 0 saturated carbocycles. The van der Waals surface area contributed by atoms with Crippen LogP contribution in [-0.2, 0) is 6.42 Å². The van der Waals surface area contributed by atoms with Gasteiger partial charge in [-0.15, -0.1) is 0 Å². The third-order valence-electron chi connectivity index (χ3n) is 3.49. The molecule has 1 aliphatic heterocycles. The lowest BCUT2D eigenvalue weighted by Crippen LogP contribution is -2.27. The normalized spacial score (nSPS) is 23.6. The summed E-state index contributed by atoms with van der Waals surface area (Å²) < 4.78 is 0.275. The molecule has 0 aliphatic carbocycles. The molecule has 19 heavy (non-hydrogen) atoms. The van der Waals surface area contributed by atoms with E-state index in [1.165, 1.54) is 24.2 Å². The van der Waals surface area contributed by atoms with Crippen molar-refractivity contribution in [2.24, 2.45) is 10.7 Å². The highest BCUT2D eigenvalue weighted by Crippen LogP contribution is 2.37. The van der Waals surface area contributed by atoms with Crippen LogP contribution in [0.3, 0.4) is 0 Å². The second-order valence-corrected chi connectivity index (χ2v) is 6.96. The number of benzene rings is 1. The van der Waals surface area contributed by atoms with Crippen LogP contribution in [0.25, 0.3) is 0 Å². The van der Waals surface area contributed by atoms with Crippen molar-refractivity contribution in [3.63, 3.8) is 0 Å². The van der Waals surface area contributed by atoms with Gasteiger partial charge in [-0.05, 0) is 49.6 Å². The maximum atomic E-state index is 5.96. The fourth-order valence-corrected chi connectivity index (χ4v) is 3.50. The number of aryl methyl sites for hydroxylation is 1. The van der Waals surface area contributed by atoms with Crippen molar-refractivity contribution in [1.29, 1.82) is 0 Å². The number of nitrogens with zero attached hydrogens (tertiary/aromatic N) is 1. The molecule has 3 N–H and O–H groups in total. The SMILES string of the molecule is CCc1cccc(NC(N)=NCC2(C)CCCS2)c1. The Balaban J connectivity index is 1.94.